The molecule has 1 aromatic heterocycles. The van der Waals surface area contributed by atoms with E-state index in [9.17, 15) is 4.79 Å². The summed E-state index contributed by atoms with van der Waals surface area (Å²) < 4.78 is 11.2. The van der Waals surface area contributed by atoms with E-state index in [1.54, 1.807) is 18.2 Å². The molecule has 3 nitrogen and oxygen atoms in total. The van der Waals surface area contributed by atoms with Gasteiger partial charge < -0.3 is 9.15 Å². The lowest BCUT2D eigenvalue weighted by atomic mass is 10.2. The van der Waals surface area contributed by atoms with Crippen LogP contribution in [0, 0.1) is 5.92 Å². The van der Waals surface area contributed by atoms with Crippen molar-refractivity contribution in [2.75, 3.05) is 0 Å². The van der Waals surface area contributed by atoms with Crippen LogP contribution in [-0.2, 0) is 11.4 Å². The molecule has 0 atom stereocenters. The van der Waals surface area contributed by atoms with Crippen LogP contribution in [0.4, 0.5) is 0 Å². The standard InChI is InChI=1S/C17H11Cl5O3/c18-12-13(19)15(21)17(16(22)14(12)20)24-7-10-4-3-9(25-10)5-6-11(23)8-1-2-8/h3-6,8H,1-2,7H2/b6-5+. The maximum Gasteiger partial charge on any atom is 0.160 e. The number of rotatable bonds is 6. The van der Waals surface area contributed by atoms with E-state index in [-0.39, 0.29) is 49.2 Å². The van der Waals surface area contributed by atoms with Crippen molar-refractivity contribution in [2.45, 2.75) is 19.4 Å². The summed E-state index contributed by atoms with van der Waals surface area (Å²) in [6, 6.07) is 3.46. The summed E-state index contributed by atoms with van der Waals surface area (Å²) >= 11 is 30.1. The zero-order valence-corrected chi connectivity index (χ0v) is 16.4. The quantitative estimate of drug-likeness (QED) is 0.273. The van der Waals surface area contributed by atoms with Gasteiger partial charge in [-0.15, -0.1) is 0 Å². The molecule has 0 amide bonds. The first-order valence-corrected chi connectivity index (χ1v) is 9.22. The monoisotopic (exact) mass is 438 g/mol. The van der Waals surface area contributed by atoms with E-state index in [2.05, 4.69) is 0 Å². The van der Waals surface area contributed by atoms with Crippen molar-refractivity contribution in [3.05, 3.63) is 54.8 Å². The molecule has 1 saturated carbocycles. The average molecular weight is 441 g/mol. The summed E-state index contributed by atoms with van der Waals surface area (Å²) in [6.07, 6.45) is 5.11. The van der Waals surface area contributed by atoms with E-state index in [0.29, 0.717) is 11.5 Å². The van der Waals surface area contributed by atoms with Gasteiger partial charge in [-0.2, -0.15) is 0 Å². The lowest BCUT2D eigenvalue weighted by molar-refractivity contribution is -0.115. The Morgan fingerprint density at radius 2 is 1.64 bits per heavy atom. The topological polar surface area (TPSA) is 39.4 Å². The largest absolute Gasteiger partial charge is 0.482 e. The van der Waals surface area contributed by atoms with Crippen LogP contribution in [0.5, 0.6) is 5.75 Å². The van der Waals surface area contributed by atoms with Crippen molar-refractivity contribution in [1.29, 1.82) is 0 Å². The van der Waals surface area contributed by atoms with E-state index in [1.165, 1.54) is 6.08 Å². The molecule has 0 N–H and O–H groups in total. The zero-order chi connectivity index (χ0) is 18.1. The molecule has 25 heavy (non-hydrogen) atoms. The highest BCUT2D eigenvalue weighted by atomic mass is 35.5. The number of halogens is 5. The third kappa shape index (κ3) is 4.29. The Balaban J connectivity index is 1.69. The number of allylic oxidation sites excluding steroid dienone is 1. The van der Waals surface area contributed by atoms with E-state index >= 15 is 0 Å². The van der Waals surface area contributed by atoms with Gasteiger partial charge in [0.25, 0.3) is 0 Å². The molecule has 0 saturated heterocycles. The molecule has 1 aromatic carbocycles. The van der Waals surface area contributed by atoms with Crippen LogP contribution in [0.1, 0.15) is 24.4 Å². The minimum Gasteiger partial charge on any atom is -0.482 e. The summed E-state index contributed by atoms with van der Waals surface area (Å²) in [4.78, 5) is 11.6. The average Bonchev–Trinajstić information content (AvgIpc) is 3.36. The highest BCUT2D eigenvalue weighted by Crippen LogP contribution is 2.48. The Bertz CT molecular complexity index is 823. The third-order valence-electron chi connectivity index (χ3n) is 3.60. The van der Waals surface area contributed by atoms with Crippen LogP contribution in [0.3, 0.4) is 0 Å². The fraction of sp³-hybridized carbons (Fsp3) is 0.235. The molecule has 0 aliphatic heterocycles. The highest BCUT2D eigenvalue weighted by Gasteiger charge is 2.27. The second-order valence-corrected chi connectivity index (χ2v) is 7.39. The Morgan fingerprint density at radius 3 is 2.24 bits per heavy atom. The van der Waals surface area contributed by atoms with Crippen LogP contribution >= 0.6 is 58.0 Å². The van der Waals surface area contributed by atoms with Crippen molar-refractivity contribution in [3.63, 3.8) is 0 Å². The first-order valence-electron chi connectivity index (χ1n) is 7.33. The van der Waals surface area contributed by atoms with Crippen LogP contribution in [0.15, 0.2) is 22.6 Å². The highest BCUT2D eigenvalue weighted by molar-refractivity contribution is 6.55. The molecule has 1 fully saturated rings. The number of carbonyl (C=O) groups is 1. The molecule has 0 bridgehead atoms. The van der Waals surface area contributed by atoms with Gasteiger partial charge >= 0.3 is 0 Å². The molecule has 3 rings (SSSR count). The number of ether oxygens (including phenoxy) is 1. The van der Waals surface area contributed by atoms with Gasteiger partial charge in [0, 0.05) is 5.92 Å². The van der Waals surface area contributed by atoms with Crippen LogP contribution in [-0.4, -0.2) is 5.78 Å². The van der Waals surface area contributed by atoms with Crippen LogP contribution in [0.2, 0.25) is 25.1 Å². The summed E-state index contributed by atoms with van der Waals surface area (Å²) in [6.45, 7) is 0.0537. The fourth-order valence-electron chi connectivity index (χ4n) is 2.08. The molecule has 1 heterocycles. The summed E-state index contributed by atoms with van der Waals surface area (Å²) in [5.41, 5.74) is 0. The molecule has 8 heteroatoms. The number of benzene rings is 1. The first-order chi connectivity index (χ1) is 11.9. The summed E-state index contributed by atoms with van der Waals surface area (Å²) in [5.74, 6) is 1.50. The van der Waals surface area contributed by atoms with Gasteiger partial charge in [0.05, 0.1) is 15.1 Å². The summed E-state index contributed by atoms with van der Waals surface area (Å²) in [5, 5.41) is 0.339. The molecular formula is C17H11Cl5O3. The number of ketones is 1. The minimum atomic E-state index is 0.0537. The molecule has 132 valence electrons. The normalized spacial score (nSPS) is 14.3. The van der Waals surface area contributed by atoms with E-state index in [4.69, 9.17) is 67.2 Å². The lowest BCUT2D eigenvalue weighted by Crippen LogP contribution is -1.96. The van der Waals surface area contributed by atoms with E-state index < -0.39 is 0 Å². The predicted molar refractivity (Wildman–Crippen MR) is 101 cm³/mol. The summed E-state index contributed by atoms with van der Waals surface area (Å²) in [7, 11) is 0. The first kappa shape index (κ1) is 18.9. The number of hydrogen-bond acceptors (Lipinski definition) is 3. The maximum atomic E-state index is 11.6. The van der Waals surface area contributed by atoms with E-state index in [0.717, 1.165) is 12.8 Å². The minimum absolute atomic E-state index is 0.0537. The third-order valence-corrected chi connectivity index (χ3v) is 5.84. The van der Waals surface area contributed by atoms with Gasteiger partial charge in [0.1, 0.15) is 28.2 Å². The van der Waals surface area contributed by atoms with Gasteiger partial charge in [0.2, 0.25) is 0 Å². The van der Waals surface area contributed by atoms with Crippen molar-refractivity contribution < 1.29 is 13.9 Å². The Labute approximate surface area is 169 Å². The number of hydrogen-bond donors (Lipinski definition) is 0. The second-order valence-electron chi connectivity index (χ2n) is 5.50. The van der Waals surface area contributed by atoms with Crippen molar-refractivity contribution in [1.82, 2.24) is 0 Å². The smallest absolute Gasteiger partial charge is 0.160 e. The molecule has 1 aliphatic carbocycles. The Kier molecular flexibility index (Phi) is 5.92. The molecule has 0 radical (unpaired) electrons. The second kappa shape index (κ2) is 7.81. The predicted octanol–water partition coefficient (Wildman–Crippen LogP) is 7.12. The Morgan fingerprint density at radius 1 is 1.04 bits per heavy atom. The SMILES string of the molecule is O=C(/C=C/c1ccc(COc2c(Cl)c(Cl)c(Cl)c(Cl)c2Cl)o1)C1CC1. The maximum absolute atomic E-state index is 11.6. The van der Waals surface area contributed by atoms with E-state index in [1.807, 2.05) is 0 Å². The molecule has 1 aliphatic rings. The van der Waals surface area contributed by atoms with Gasteiger partial charge in [-0.1, -0.05) is 58.0 Å². The van der Waals surface area contributed by atoms with Gasteiger partial charge in [0.15, 0.2) is 11.5 Å². The molecule has 2 aromatic rings. The molecule has 0 unspecified atom stereocenters. The van der Waals surface area contributed by atoms with Gasteiger partial charge in [-0.3, -0.25) is 4.79 Å². The lowest BCUT2D eigenvalue weighted by Gasteiger charge is -2.12. The van der Waals surface area contributed by atoms with Crippen LogP contribution < -0.4 is 4.74 Å². The molecule has 0 spiro atoms. The zero-order valence-electron chi connectivity index (χ0n) is 12.6. The van der Waals surface area contributed by atoms with Crippen molar-refractivity contribution >= 4 is 69.9 Å². The number of carbonyl (C=O) groups excluding carboxylic acids is 1. The van der Waals surface area contributed by atoms with Crippen molar-refractivity contribution in [2.24, 2.45) is 5.92 Å². The fourth-order valence-corrected chi connectivity index (χ4v) is 3.31. The van der Waals surface area contributed by atoms with Crippen LogP contribution in [0.25, 0.3) is 6.08 Å². The number of furan rings is 1. The van der Waals surface area contributed by atoms with Gasteiger partial charge in [-0.25, -0.2) is 0 Å². The Hall–Kier alpha value is -0.840. The molecular weight excluding hydrogens is 429 g/mol. The van der Waals surface area contributed by atoms with Crippen molar-refractivity contribution in [3.8, 4) is 5.75 Å². The van der Waals surface area contributed by atoms with Gasteiger partial charge in [-0.05, 0) is 37.1 Å².